The van der Waals surface area contributed by atoms with Crippen molar-refractivity contribution in [2.45, 2.75) is 32.0 Å². The lowest BCUT2D eigenvalue weighted by atomic mass is 9.97. The maximum atomic E-state index is 11.9. The Bertz CT molecular complexity index is 441. The summed E-state index contributed by atoms with van der Waals surface area (Å²) in [6, 6.07) is 1.66. The van der Waals surface area contributed by atoms with Gasteiger partial charge in [-0.15, -0.1) is 11.3 Å². The number of anilines is 1. The molecule has 2 heterocycles. The highest BCUT2D eigenvalue weighted by Gasteiger charge is 2.39. The van der Waals surface area contributed by atoms with Gasteiger partial charge in [0.05, 0.1) is 11.0 Å². The average molecular weight is 270 g/mol. The molecule has 0 spiro atoms. The number of ether oxygens (including phenoxy) is 1. The van der Waals surface area contributed by atoms with E-state index in [1.165, 1.54) is 11.3 Å². The van der Waals surface area contributed by atoms with Gasteiger partial charge in [0.25, 0.3) is 5.91 Å². The first-order valence-electron chi connectivity index (χ1n) is 5.90. The number of aryl methyl sites for hydroxylation is 1. The van der Waals surface area contributed by atoms with Crippen molar-refractivity contribution >= 4 is 22.9 Å². The molecule has 2 rings (SSSR count). The predicted molar refractivity (Wildman–Crippen MR) is 70.8 cm³/mol. The molecule has 0 aromatic carbocycles. The molecular weight excluding hydrogens is 252 g/mol. The lowest BCUT2D eigenvalue weighted by molar-refractivity contribution is -0.0251. The summed E-state index contributed by atoms with van der Waals surface area (Å²) in [5, 5.41) is 13.0. The Morgan fingerprint density at radius 3 is 3.00 bits per heavy atom. The van der Waals surface area contributed by atoms with Crippen molar-refractivity contribution in [3.8, 4) is 0 Å². The fourth-order valence-electron chi connectivity index (χ4n) is 1.93. The monoisotopic (exact) mass is 270 g/mol. The predicted octanol–water partition coefficient (Wildman–Crippen LogP) is 0.908. The van der Waals surface area contributed by atoms with Crippen LogP contribution in [0.15, 0.2) is 6.07 Å². The molecule has 4 N–H and O–H groups in total. The molecule has 1 saturated heterocycles. The van der Waals surface area contributed by atoms with Gasteiger partial charge in [-0.2, -0.15) is 0 Å². The highest BCUT2D eigenvalue weighted by Crippen LogP contribution is 2.26. The van der Waals surface area contributed by atoms with Crippen LogP contribution in [0.2, 0.25) is 0 Å². The molecule has 1 aliphatic heterocycles. The van der Waals surface area contributed by atoms with Gasteiger partial charge in [0.15, 0.2) is 0 Å². The molecular formula is C12H18N2O3S. The number of rotatable bonds is 3. The second-order valence-corrected chi connectivity index (χ2v) is 5.93. The maximum absolute atomic E-state index is 11.9. The van der Waals surface area contributed by atoms with Crippen LogP contribution in [0, 0.1) is 6.92 Å². The van der Waals surface area contributed by atoms with Crippen LogP contribution in [0.5, 0.6) is 0 Å². The number of hydrogen-bond donors (Lipinski definition) is 3. The van der Waals surface area contributed by atoms with Gasteiger partial charge >= 0.3 is 0 Å². The fourth-order valence-corrected chi connectivity index (χ4v) is 2.79. The van der Waals surface area contributed by atoms with Gasteiger partial charge in [0.2, 0.25) is 0 Å². The Labute approximate surface area is 110 Å². The normalized spacial score (nSPS) is 27.4. The number of nitrogens with one attached hydrogen (secondary N) is 1. The number of carbonyl (C=O) groups excluding carboxylic acids is 1. The number of carbonyl (C=O) groups is 1. The van der Waals surface area contributed by atoms with E-state index in [2.05, 4.69) is 5.32 Å². The number of thiophene rings is 1. The number of nitrogens with two attached hydrogens (primary N) is 1. The van der Waals surface area contributed by atoms with E-state index in [-0.39, 0.29) is 18.6 Å². The summed E-state index contributed by atoms with van der Waals surface area (Å²) < 4.78 is 5.31. The molecule has 18 heavy (non-hydrogen) atoms. The van der Waals surface area contributed by atoms with Crippen LogP contribution in [0.3, 0.4) is 0 Å². The molecule has 1 aliphatic rings. The van der Waals surface area contributed by atoms with Crippen LogP contribution in [-0.2, 0) is 4.74 Å². The van der Waals surface area contributed by atoms with Crippen LogP contribution >= 0.6 is 11.3 Å². The van der Waals surface area contributed by atoms with E-state index in [0.29, 0.717) is 23.6 Å². The molecule has 0 radical (unpaired) electrons. The number of amides is 1. The first-order valence-corrected chi connectivity index (χ1v) is 6.72. The second kappa shape index (κ2) is 4.87. The van der Waals surface area contributed by atoms with Crippen molar-refractivity contribution in [3.05, 3.63) is 15.8 Å². The third-order valence-corrected chi connectivity index (χ3v) is 4.46. The van der Waals surface area contributed by atoms with Crippen molar-refractivity contribution in [1.29, 1.82) is 0 Å². The van der Waals surface area contributed by atoms with Crippen LogP contribution in [0.1, 0.15) is 27.9 Å². The Balaban J connectivity index is 1.96. The third-order valence-electron chi connectivity index (χ3n) is 3.39. The molecule has 0 bridgehead atoms. The minimum atomic E-state index is -0.965. The highest BCUT2D eigenvalue weighted by atomic mass is 32.1. The van der Waals surface area contributed by atoms with Gasteiger partial charge in [-0.25, -0.2) is 0 Å². The molecule has 2 atom stereocenters. The standard InChI is InChI=1S/C12H18N2O3S/c1-7-9(13)5-10(18-7)11(15)14-6-12(16)3-4-17-8(12)2/h5,8,16H,3-4,6,13H2,1-2H3,(H,14,15). The molecule has 6 heteroatoms. The van der Waals surface area contributed by atoms with Gasteiger partial charge in [-0.3, -0.25) is 4.79 Å². The van der Waals surface area contributed by atoms with Gasteiger partial charge < -0.3 is 20.9 Å². The van der Waals surface area contributed by atoms with E-state index in [9.17, 15) is 9.90 Å². The van der Waals surface area contributed by atoms with Crippen molar-refractivity contribution in [2.75, 3.05) is 18.9 Å². The Morgan fingerprint density at radius 2 is 2.50 bits per heavy atom. The molecule has 1 aromatic rings. The van der Waals surface area contributed by atoms with E-state index in [4.69, 9.17) is 10.5 Å². The highest BCUT2D eigenvalue weighted by molar-refractivity contribution is 7.14. The SMILES string of the molecule is Cc1sc(C(=O)NCC2(O)CCOC2C)cc1N. The quantitative estimate of drug-likeness (QED) is 0.762. The van der Waals surface area contributed by atoms with Crippen LogP contribution < -0.4 is 11.1 Å². The van der Waals surface area contributed by atoms with Gasteiger partial charge in [0, 0.05) is 30.1 Å². The number of nitrogen functional groups attached to an aromatic ring is 1. The van der Waals surface area contributed by atoms with Crippen molar-refractivity contribution in [3.63, 3.8) is 0 Å². The zero-order valence-corrected chi connectivity index (χ0v) is 11.3. The van der Waals surface area contributed by atoms with E-state index in [1.54, 1.807) is 6.07 Å². The summed E-state index contributed by atoms with van der Waals surface area (Å²) in [4.78, 5) is 13.4. The minimum Gasteiger partial charge on any atom is -0.398 e. The van der Waals surface area contributed by atoms with E-state index in [1.807, 2.05) is 13.8 Å². The van der Waals surface area contributed by atoms with Gasteiger partial charge in [-0.1, -0.05) is 0 Å². The Morgan fingerprint density at radius 1 is 1.78 bits per heavy atom. The number of hydrogen-bond acceptors (Lipinski definition) is 5. The largest absolute Gasteiger partial charge is 0.398 e. The first-order chi connectivity index (χ1) is 8.42. The first kappa shape index (κ1) is 13.3. The Hall–Kier alpha value is -1.11. The van der Waals surface area contributed by atoms with E-state index >= 15 is 0 Å². The molecule has 2 unspecified atom stereocenters. The maximum Gasteiger partial charge on any atom is 0.261 e. The summed E-state index contributed by atoms with van der Waals surface area (Å²) in [6.45, 7) is 4.41. The zero-order valence-electron chi connectivity index (χ0n) is 10.5. The van der Waals surface area contributed by atoms with Crippen LogP contribution in [-0.4, -0.2) is 35.9 Å². The van der Waals surface area contributed by atoms with Crippen LogP contribution in [0.4, 0.5) is 5.69 Å². The smallest absolute Gasteiger partial charge is 0.261 e. The lowest BCUT2D eigenvalue weighted by Crippen LogP contribution is -2.47. The van der Waals surface area contributed by atoms with Crippen molar-refractivity contribution < 1.29 is 14.6 Å². The average Bonchev–Trinajstić information content (AvgIpc) is 2.82. The summed E-state index contributed by atoms with van der Waals surface area (Å²) in [5.74, 6) is -0.202. The van der Waals surface area contributed by atoms with Crippen molar-refractivity contribution in [2.24, 2.45) is 0 Å². The number of aliphatic hydroxyl groups is 1. The molecule has 0 aliphatic carbocycles. The lowest BCUT2D eigenvalue weighted by Gasteiger charge is -2.25. The molecule has 1 aromatic heterocycles. The summed E-state index contributed by atoms with van der Waals surface area (Å²) >= 11 is 1.35. The summed E-state index contributed by atoms with van der Waals surface area (Å²) in [7, 11) is 0. The summed E-state index contributed by atoms with van der Waals surface area (Å²) in [5.41, 5.74) is 5.37. The minimum absolute atomic E-state index is 0.198. The van der Waals surface area contributed by atoms with Crippen molar-refractivity contribution in [1.82, 2.24) is 5.32 Å². The summed E-state index contributed by atoms with van der Waals surface area (Å²) in [6.07, 6.45) is 0.285. The Kier molecular flexibility index (Phi) is 3.61. The fraction of sp³-hybridized carbons (Fsp3) is 0.583. The third kappa shape index (κ3) is 2.50. The van der Waals surface area contributed by atoms with Gasteiger partial charge in [0.1, 0.15) is 5.60 Å². The van der Waals surface area contributed by atoms with E-state index in [0.717, 1.165) is 4.88 Å². The molecule has 0 saturated carbocycles. The van der Waals surface area contributed by atoms with Gasteiger partial charge in [-0.05, 0) is 19.9 Å². The molecule has 1 fully saturated rings. The molecule has 100 valence electrons. The van der Waals surface area contributed by atoms with E-state index < -0.39 is 5.60 Å². The topological polar surface area (TPSA) is 84.6 Å². The molecule has 5 nitrogen and oxygen atoms in total. The zero-order chi connectivity index (χ0) is 13.3. The van der Waals surface area contributed by atoms with Crippen LogP contribution in [0.25, 0.3) is 0 Å². The second-order valence-electron chi connectivity index (χ2n) is 4.67. The molecule has 1 amide bonds.